The molecule has 1 aliphatic heterocycles. The van der Waals surface area contributed by atoms with Gasteiger partial charge >= 0.3 is 0 Å². The predicted octanol–water partition coefficient (Wildman–Crippen LogP) is 3.24. The van der Waals surface area contributed by atoms with Crippen LogP contribution in [0.5, 0.6) is 0 Å². The van der Waals surface area contributed by atoms with E-state index < -0.39 is 0 Å². The van der Waals surface area contributed by atoms with Gasteiger partial charge in [-0.3, -0.25) is 4.90 Å². The summed E-state index contributed by atoms with van der Waals surface area (Å²) in [5.74, 6) is 0.439. The van der Waals surface area contributed by atoms with Gasteiger partial charge in [-0.1, -0.05) is 23.7 Å². The third kappa shape index (κ3) is 3.25. The molecular formula is C15H22ClNO. The molecule has 2 unspecified atom stereocenters. The van der Waals surface area contributed by atoms with E-state index in [9.17, 15) is 5.11 Å². The number of aliphatic hydroxyl groups excluding tert-OH is 1. The topological polar surface area (TPSA) is 23.5 Å². The Morgan fingerprint density at radius 1 is 1.39 bits per heavy atom. The molecule has 0 spiro atoms. The molecule has 100 valence electrons. The first-order valence-electron chi connectivity index (χ1n) is 6.70. The largest absolute Gasteiger partial charge is 0.396 e. The van der Waals surface area contributed by atoms with E-state index in [1.807, 2.05) is 13.0 Å². The van der Waals surface area contributed by atoms with Gasteiger partial charge in [0.2, 0.25) is 0 Å². The van der Waals surface area contributed by atoms with Crippen LogP contribution in [0.4, 0.5) is 0 Å². The first-order chi connectivity index (χ1) is 8.60. The van der Waals surface area contributed by atoms with Crippen molar-refractivity contribution in [1.29, 1.82) is 0 Å². The lowest BCUT2D eigenvalue weighted by atomic mass is 9.93. The minimum Gasteiger partial charge on any atom is -0.396 e. The summed E-state index contributed by atoms with van der Waals surface area (Å²) in [7, 11) is 0. The highest BCUT2D eigenvalue weighted by atomic mass is 35.5. The second kappa shape index (κ2) is 6.05. The fourth-order valence-corrected chi connectivity index (χ4v) is 2.79. The molecule has 0 saturated carbocycles. The first kappa shape index (κ1) is 13.9. The second-order valence-corrected chi connectivity index (χ2v) is 5.90. The molecule has 1 aromatic rings. The van der Waals surface area contributed by atoms with Crippen molar-refractivity contribution >= 4 is 11.6 Å². The van der Waals surface area contributed by atoms with Crippen LogP contribution >= 0.6 is 11.6 Å². The summed E-state index contributed by atoms with van der Waals surface area (Å²) in [6.45, 7) is 6.58. The van der Waals surface area contributed by atoms with Crippen molar-refractivity contribution in [2.45, 2.75) is 39.3 Å². The molecule has 2 nitrogen and oxygen atoms in total. The molecule has 1 heterocycles. The van der Waals surface area contributed by atoms with Crippen molar-refractivity contribution in [1.82, 2.24) is 4.90 Å². The molecular weight excluding hydrogens is 246 g/mol. The number of piperidine rings is 1. The fraction of sp³-hybridized carbons (Fsp3) is 0.600. The van der Waals surface area contributed by atoms with Crippen LogP contribution in [0.2, 0.25) is 5.02 Å². The van der Waals surface area contributed by atoms with E-state index >= 15 is 0 Å². The Kier molecular flexibility index (Phi) is 4.66. The van der Waals surface area contributed by atoms with Crippen LogP contribution in [-0.4, -0.2) is 29.2 Å². The van der Waals surface area contributed by atoms with Crippen molar-refractivity contribution in [2.24, 2.45) is 5.92 Å². The molecule has 0 aromatic heterocycles. The minimum atomic E-state index is 0.308. The number of rotatable bonds is 3. The summed E-state index contributed by atoms with van der Waals surface area (Å²) in [5.41, 5.74) is 2.44. The predicted molar refractivity (Wildman–Crippen MR) is 75.9 cm³/mol. The highest BCUT2D eigenvalue weighted by molar-refractivity contribution is 6.31. The molecule has 0 radical (unpaired) electrons. The quantitative estimate of drug-likeness (QED) is 0.909. The number of likely N-dealkylation sites (tertiary alicyclic amines) is 1. The fourth-order valence-electron chi connectivity index (χ4n) is 2.67. The number of nitrogens with zero attached hydrogens (tertiary/aromatic N) is 1. The number of benzene rings is 1. The Morgan fingerprint density at radius 3 is 2.83 bits per heavy atom. The van der Waals surface area contributed by atoms with E-state index in [0.29, 0.717) is 18.6 Å². The van der Waals surface area contributed by atoms with Gasteiger partial charge in [-0.15, -0.1) is 0 Å². The summed E-state index contributed by atoms with van der Waals surface area (Å²) < 4.78 is 0. The lowest BCUT2D eigenvalue weighted by Crippen LogP contribution is -2.42. The third-order valence-corrected chi connectivity index (χ3v) is 4.40. The second-order valence-electron chi connectivity index (χ2n) is 5.49. The number of hydrogen-bond donors (Lipinski definition) is 1. The van der Waals surface area contributed by atoms with Crippen molar-refractivity contribution < 1.29 is 5.11 Å². The molecule has 0 bridgehead atoms. The van der Waals surface area contributed by atoms with Crippen LogP contribution < -0.4 is 0 Å². The molecule has 0 aliphatic carbocycles. The van der Waals surface area contributed by atoms with Crippen molar-refractivity contribution in [3.8, 4) is 0 Å². The van der Waals surface area contributed by atoms with Crippen molar-refractivity contribution in [3.63, 3.8) is 0 Å². The van der Waals surface area contributed by atoms with Gasteiger partial charge in [0.25, 0.3) is 0 Å². The average Bonchev–Trinajstić information content (AvgIpc) is 2.36. The Bertz CT molecular complexity index is 407. The average molecular weight is 268 g/mol. The van der Waals surface area contributed by atoms with E-state index in [1.54, 1.807) is 0 Å². The molecule has 0 amide bonds. The number of halogens is 1. The van der Waals surface area contributed by atoms with Gasteiger partial charge in [0.05, 0.1) is 0 Å². The summed E-state index contributed by atoms with van der Waals surface area (Å²) in [5, 5.41) is 10.1. The van der Waals surface area contributed by atoms with E-state index in [2.05, 4.69) is 24.0 Å². The molecule has 3 heteroatoms. The lowest BCUT2D eigenvalue weighted by molar-refractivity contribution is 0.0771. The Labute approximate surface area is 115 Å². The van der Waals surface area contributed by atoms with E-state index in [-0.39, 0.29) is 0 Å². The zero-order chi connectivity index (χ0) is 13.1. The normalized spacial score (nSPS) is 25.3. The Morgan fingerprint density at radius 2 is 2.17 bits per heavy atom. The van der Waals surface area contributed by atoms with Crippen molar-refractivity contribution in [3.05, 3.63) is 34.3 Å². The van der Waals surface area contributed by atoms with Crippen LogP contribution in [0.15, 0.2) is 18.2 Å². The van der Waals surface area contributed by atoms with Gasteiger partial charge in [0, 0.05) is 30.8 Å². The summed E-state index contributed by atoms with van der Waals surface area (Å²) in [4.78, 5) is 2.47. The van der Waals surface area contributed by atoms with Crippen LogP contribution in [-0.2, 0) is 6.54 Å². The molecule has 2 atom stereocenters. The van der Waals surface area contributed by atoms with Gasteiger partial charge in [-0.25, -0.2) is 0 Å². The molecule has 2 rings (SSSR count). The summed E-state index contributed by atoms with van der Waals surface area (Å²) >= 11 is 6.05. The molecule has 1 saturated heterocycles. The van der Waals surface area contributed by atoms with E-state index in [1.165, 1.54) is 12.0 Å². The molecule has 1 fully saturated rings. The zero-order valence-electron chi connectivity index (χ0n) is 11.2. The monoisotopic (exact) mass is 267 g/mol. The molecule has 1 aromatic carbocycles. The maximum absolute atomic E-state index is 9.30. The maximum Gasteiger partial charge on any atom is 0.0471 e. The number of aliphatic hydroxyl groups is 1. The molecule has 18 heavy (non-hydrogen) atoms. The van der Waals surface area contributed by atoms with Crippen LogP contribution in [0.1, 0.15) is 30.9 Å². The molecule has 1 N–H and O–H groups in total. The van der Waals surface area contributed by atoms with Gasteiger partial charge in [-0.05, 0) is 49.8 Å². The van der Waals surface area contributed by atoms with Crippen LogP contribution in [0, 0.1) is 12.8 Å². The third-order valence-electron chi connectivity index (χ3n) is 3.97. The van der Waals surface area contributed by atoms with Gasteiger partial charge in [0.15, 0.2) is 0 Å². The Hall–Kier alpha value is -0.570. The molecule has 1 aliphatic rings. The maximum atomic E-state index is 9.30. The zero-order valence-corrected chi connectivity index (χ0v) is 12.0. The number of hydrogen-bond acceptors (Lipinski definition) is 2. The van der Waals surface area contributed by atoms with E-state index in [4.69, 9.17) is 11.6 Å². The highest BCUT2D eigenvalue weighted by Gasteiger charge is 2.24. The standard InChI is InChI=1S/C15H22ClNO/c1-11-7-13(5-6-15(11)16)8-17-9-14(10-18)4-3-12(17)2/h5-7,12,14,18H,3-4,8-10H2,1-2H3. The van der Waals surface area contributed by atoms with Gasteiger partial charge < -0.3 is 5.11 Å². The minimum absolute atomic E-state index is 0.308. The van der Waals surface area contributed by atoms with Crippen LogP contribution in [0.25, 0.3) is 0 Å². The van der Waals surface area contributed by atoms with Crippen LogP contribution in [0.3, 0.4) is 0 Å². The smallest absolute Gasteiger partial charge is 0.0471 e. The summed E-state index contributed by atoms with van der Waals surface area (Å²) in [6.07, 6.45) is 2.33. The first-order valence-corrected chi connectivity index (χ1v) is 7.08. The summed E-state index contributed by atoms with van der Waals surface area (Å²) in [6, 6.07) is 6.84. The number of aryl methyl sites for hydroxylation is 1. The van der Waals surface area contributed by atoms with Gasteiger partial charge in [-0.2, -0.15) is 0 Å². The van der Waals surface area contributed by atoms with Gasteiger partial charge in [0.1, 0.15) is 0 Å². The Balaban J connectivity index is 2.04. The van der Waals surface area contributed by atoms with E-state index in [0.717, 1.165) is 30.1 Å². The van der Waals surface area contributed by atoms with Crippen molar-refractivity contribution in [2.75, 3.05) is 13.2 Å². The lowest BCUT2D eigenvalue weighted by Gasteiger charge is -2.37. The SMILES string of the molecule is Cc1cc(CN2CC(CO)CCC2C)ccc1Cl. The highest BCUT2D eigenvalue weighted by Crippen LogP contribution is 2.24.